The molecule has 3 nitrogen and oxygen atoms in total. The van der Waals surface area contributed by atoms with Crippen molar-refractivity contribution in [2.45, 2.75) is 25.8 Å². The van der Waals surface area contributed by atoms with Crippen molar-refractivity contribution in [1.29, 1.82) is 0 Å². The summed E-state index contributed by atoms with van der Waals surface area (Å²) in [6.45, 7) is 0.985. The highest BCUT2D eigenvalue weighted by Crippen LogP contribution is 2.30. The van der Waals surface area contributed by atoms with Gasteiger partial charge in [0.15, 0.2) is 11.6 Å². The van der Waals surface area contributed by atoms with Gasteiger partial charge in [-0.05, 0) is 36.5 Å². The average Bonchev–Trinajstić information content (AvgIpc) is 2.93. The Kier molecular flexibility index (Phi) is 3.76. The molecule has 0 fully saturated rings. The van der Waals surface area contributed by atoms with E-state index in [0.29, 0.717) is 0 Å². The van der Waals surface area contributed by atoms with Crippen LogP contribution in [0.2, 0.25) is 0 Å². The molecule has 114 valence electrons. The van der Waals surface area contributed by atoms with E-state index in [-0.39, 0.29) is 0 Å². The highest BCUT2D eigenvalue weighted by Gasteiger charge is 2.19. The standard InChI is InChI=1S/C20H19N3/c1-3-9-16(10-4-1)15-18-13-7-8-14-23-19(21-22-20(18)23)17-11-5-2-6-12-17/h1-6,9-12,15H,7-8,13-14H2/b18-15+. The summed E-state index contributed by atoms with van der Waals surface area (Å²) >= 11 is 0. The molecule has 3 aromatic rings. The fourth-order valence-electron chi connectivity index (χ4n) is 3.14. The summed E-state index contributed by atoms with van der Waals surface area (Å²) in [4.78, 5) is 0. The molecule has 0 atom stereocenters. The van der Waals surface area contributed by atoms with Crippen LogP contribution in [-0.4, -0.2) is 14.8 Å². The topological polar surface area (TPSA) is 30.7 Å². The molecule has 0 saturated heterocycles. The van der Waals surface area contributed by atoms with E-state index in [4.69, 9.17) is 0 Å². The molecule has 1 aromatic heterocycles. The summed E-state index contributed by atoms with van der Waals surface area (Å²) in [6.07, 6.45) is 5.66. The zero-order valence-electron chi connectivity index (χ0n) is 13.0. The van der Waals surface area contributed by atoms with Crippen LogP contribution >= 0.6 is 0 Å². The highest BCUT2D eigenvalue weighted by molar-refractivity contribution is 5.79. The van der Waals surface area contributed by atoms with E-state index in [1.54, 1.807) is 0 Å². The van der Waals surface area contributed by atoms with Gasteiger partial charge < -0.3 is 4.57 Å². The van der Waals surface area contributed by atoms with Gasteiger partial charge in [-0.15, -0.1) is 10.2 Å². The lowest BCUT2D eigenvalue weighted by atomic mass is 10.1. The molecule has 0 unspecified atom stereocenters. The third-order valence-electron chi connectivity index (χ3n) is 4.29. The molecule has 0 amide bonds. The molecule has 1 aliphatic rings. The number of hydrogen-bond acceptors (Lipinski definition) is 2. The summed E-state index contributed by atoms with van der Waals surface area (Å²) in [5.41, 5.74) is 3.64. The first kappa shape index (κ1) is 13.9. The van der Waals surface area contributed by atoms with Gasteiger partial charge in [-0.2, -0.15) is 0 Å². The third kappa shape index (κ3) is 2.82. The largest absolute Gasteiger partial charge is 0.307 e. The first-order chi connectivity index (χ1) is 11.4. The van der Waals surface area contributed by atoms with Crippen molar-refractivity contribution in [2.75, 3.05) is 0 Å². The average molecular weight is 301 g/mol. The van der Waals surface area contributed by atoms with E-state index < -0.39 is 0 Å². The first-order valence-corrected chi connectivity index (χ1v) is 8.16. The number of allylic oxidation sites excluding steroid dienone is 1. The van der Waals surface area contributed by atoms with Crippen molar-refractivity contribution in [3.63, 3.8) is 0 Å². The minimum Gasteiger partial charge on any atom is -0.307 e. The maximum Gasteiger partial charge on any atom is 0.164 e. The van der Waals surface area contributed by atoms with Crippen LogP contribution in [0, 0.1) is 0 Å². The van der Waals surface area contributed by atoms with E-state index in [1.165, 1.54) is 17.6 Å². The monoisotopic (exact) mass is 301 g/mol. The molecule has 1 aliphatic heterocycles. The summed E-state index contributed by atoms with van der Waals surface area (Å²) in [5.74, 6) is 1.99. The second kappa shape index (κ2) is 6.21. The van der Waals surface area contributed by atoms with Crippen molar-refractivity contribution >= 4 is 11.6 Å². The summed E-state index contributed by atoms with van der Waals surface area (Å²) in [6, 6.07) is 20.8. The van der Waals surface area contributed by atoms with Gasteiger partial charge >= 0.3 is 0 Å². The number of rotatable bonds is 2. The smallest absolute Gasteiger partial charge is 0.164 e. The minimum atomic E-state index is 0.974. The number of nitrogens with zero attached hydrogens (tertiary/aromatic N) is 3. The van der Waals surface area contributed by atoms with Crippen molar-refractivity contribution in [1.82, 2.24) is 14.8 Å². The molecule has 2 heterocycles. The predicted octanol–water partition coefficient (Wildman–Crippen LogP) is 4.67. The third-order valence-corrected chi connectivity index (χ3v) is 4.29. The molecule has 23 heavy (non-hydrogen) atoms. The predicted molar refractivity (Wildman–Crippen MR) is 93.6 cm³/mol. The molecule has 0 bridgehead atoms. The van der Waals surface area contributed by atoms with Gasteiger partial charge in [0.2, 0.25) is 0 Å². The van der Waals surface area contributed by atoms with Crippen LogP contribution in [0.25, 0.3) is 23.0 Å². The van der Waals surface area contributed by atoms with Crippen molar-refractivity contribution in [2.24, 2.45) is 0 Å². The molecular formula is C20H19N3. The minimum absolute atomic E-state index is 0.974. The maximum atomic E-state index is 4.52. The quantitative estimate of drug-likeness (QED) is 0.688. The van der Waals surface area contributed by atoms with Crippen molar-refractivity contribution < 1.29 is 0 Å². The van der Waals surface area contributed by atoms with Gasteiger partial charge in [0.1, 0.15) is 0 Å². The second-order valence-electron chi connectivity index (χ2n) is 5.90. The van der Waals surface area contributed by atoms with Crippen LogP contribution in [0.4, 0.5) is 0 Å². The Morgan fingerprint density at radius 2 is 1.48 bits per heavy atom. The molecule has 0 aliphatic carbocycles. The van der Waals surface area contributed by atoms with E-state index in [0.717, 1.165) is 36.6 Å². The maximum absolute atomic E-state index is 4.52. The summed E-state index contributed by atoms with van der Waals surface area (Å²) < 4.78 is 2.27. The Balaban J connectivity index is 1.80. The molecule has 0 saturated carbocycles. The molecule has 4 rings (SSSR count). The first-order valence-electron chi connectivity index (χ1n) is 8.16. The van der Waals surface area contributed by atoms with Crippen LogP contribution < -0.4 is 0 Å². The Morgan fingerprint density at radius 3 is 2.26 bits per heavy atom. The number of aromatic nitrogens is 3. The molecule has 0 radical (unpaired) electrons. The molecular weight excluding hydrogens is 282 g/mol. The second-order valence-corrected chi connectivity index (χ2v) is 5.90. The Morgan fingerprint density at radius 1 is 0.783 bits per heavy atom. The van der Waals surface area contributed by atoms with E-state index >= 15 is 0 Å². The molecule has 0 N–H and O–H groups in total. The lowest BCUT2D eigenvalue weighted by Crippen LogP contribution is -2.02. The van der Waals surface area contributed by atoms with Crippen LogP contribution in [0.1, 0.15) is 30.7 Å². The van der Waals surface area contributed by atoms with Crippen LogP contribution in [0.3, 0.4) is 0 Å². The molecule has 0 spiro atoms. The van der Waals surface area contributed by atoms with Gasteiger partial charge in [-0.1, -0.05) is 60.7 Å². The Bertz CT molecular complexity index is 817. The van der Waals surface area contributed by atoms with Gasteiger partial charge in [0, 0.05) is 12.1 Å². The van der Waals surface area contributed by atoms with Crippen molar-refractivity contribution in [3.8, 4) is 11.4 Å². The highest BCUT2D eigenvalue weighted by atomic mass is 15.3. The summed E-state index contributed by atoms with van der Waals surface area (Å²) in [5, 5.41) is 8.99. The SMILES string of the molecule is C(=C1/CCCCn2c1nnc2-c1ccccc1)/c1ccccc1. The van der Waals surface area contributed by atoms with Gasteiger partial charge in [-0.25, -0.2) is 0 Å². The van der Waals surface area contributed by atoms with Crippen LogP contribution in [0.15, 0.2) is 60.7 Å². The summed E-state index contributed by atoms with van der Waals surface area (Å²) in [7, 11) is 0. The lowest BCUT2D eigenvalue weighted by molar-refractivity contribution is 0.639. The lowest BCUT2D eigenvalue weighted by Gasteiger charge is -2.08. The van der Waals surface area contributed by atoms with E-state index in [9.17, 15) is 0 Å². The zero-order chi connectivity index (χ0) is 15.5. The fraction of sp³-hybridized carbons (Fsp3) is 0.200. The normalized spacial score (nSPS) is 16.1. The zero-order valence-corrected chi connectivity index (χ0v) is 13.0. The van der Waals surface area contributed by atoms with Gasteiger partial charge in [0.25, 0.3) is 0 Å². The van der Waals surface area contributed by atoms with E-state index in [2.05, 4.69) is 57.2 Å². The van der Waals surface area contributed by atoms with E-state index in [1.807, 2.05) is 24.3 Å². The Labute approximate surface area is 136 Å². The van der Waals surface area contributed by atoms with Gasteiger partial charge in [0.05, 0.1) is 0 Å². The number of benzene rings is 2. The fourth-order valence-corrected chi connectivity index (χ4v) is 3.14. The number of hydrogen-bond donors (Lipinski definition) is 0. The molecule has 2 aromatic carbocycles. The number of fused-ring (bicyclic) bond motifs is 1. The van der Waals surface area contributed by atoms with Crippen LogP contribution in [-0.2, 0) is 6.54 Å². The van der Waals surface area contributed by atoms with Crippen LogP contribution in [0.5, 0.6) is 0 Å². The molecule has 3 heteroatoms. The van der Waals surface area contributed by atoms with Gasteiger partial charge in [-0.3, -0.25) is 0 Å². The van der Waals surface area contributed by atoms with Crippen molar-refractivity contribution in [3.05, 3.63) is 72.1 Å². The Hall–Kier alpha value is -2.68.